The van der Waals surface area contributed by atoms with E-state index in [9.17, 15) is 9.59 Å². The van der Waals surface area contributed by atoms with Crippen molar-refractivity contribution in [1.82, 2.24) is 0 Å². The molecular weight excluding hydrogens is 326 g/mol. The average Bonchev–Trinajstić information content (AvgIpc) is 2.66. The number of ether oxygens (including phenoxy) is 4. The fourth-order valence-corrected chi connectivity index (χ4v) is 2.31. The zero-order chi connectivity index (χ0) is 18.4. The Morgan fingerprint density at radius 2 is 1.56 bits per heavy atom. The number of anilines is 2. The Labute approximate surface area is 145 Å². The molecule has 0 atom stereocenters. The average molecular weight is 345 g/mol. The summed E-state index contributed by atoms with van der Waals surface area (Å²) in [6.07, 6.45) is 0. The van der Waals surface area contributed by atoms with Crippen molar-refractivity contribution >= 4 is 23.3 Å². The van der Waals surface area contributed by atoms with Gasteiger partial charge in [-0.1, -0.05) is 6.07 Å². The zero-order valence-electron chi connectivity index (χ0n) is 14.4. The molecule has 0 aliphatic rings. The lowest BCUT2D eigenvalue weighted by molar-refractivity contribution is 0.0556. The number of carbonyl (C=O) groups is 2. The maximum absolute atomic E-state index is 12.2. The van der Waals surface area contributed by atoms with Crippen molar-refractivity contribution in [2.24, 2.45) is 0 Å². The molecule has 0 aromatic heterocycles. The van der Waals surface area contributed by atoms with Crippen LogP contribution in [0.2, 0.25) is 0 Å². The number of benzene rings is 2. The first-order valence-corrected chi connectivity index (χ1v) is 7.34. The van der Waals surface area contributed by atoms with Gasteiger partial charge in [-0.25, -0.2) is 9.59 Å². The Morgan fingerprint density at radius 1 is 0.840 bits per heavy atom. The molecule has 0 amide bonds. The predicted molar refractivity (Wildman–Crippen MR) is 91.9 cm³/mol. The van der Waals surface area contributed by atoms with E-state index in [1.165, 1.54) is 27.4 Å². The fourth-order valence-electron chi connectivity index (χ4n) is 2.31. The van der Waals surface area contributed by atoms with E-state index in [2.05, 4.69) is 5.32 Å². The first-order valence-electron chi connectivity index (χ1n) is 7.34. The van der Waals surface area contributed by atoms with Crippen LogP contribution in [0.3, 0.4) is 0 Å². The van der Waals surface area contributed by atoms with E-state index >= 15 is 0 Å². The monoisotopic (exact) mass is 345 g/mol. The van der Waals surface area contributed by atoms with Crippen molar-refractivity contribution < 1.29 is 28.5 Å². The van der Waals surface area contributed by atoms with Crippen LogP contribution in [0.15, 0.2) is 36.4 Å². The third kappa shape index (κ3) is 3.82. The van der Waals surface area contributed by atoms with E-state index < -0.39 is 11.9 Å². The number of esters is 2. The van der Waals surface area contributed by atoms with E-state index in [-0.39, 0.29) is 11.1 Å². The van der Waals surface area contributed by atoms with Crippen molar-refractivity contribution in [2.75, 3.05) is 33.8 Å². The topological polar surface area (TPSA) is 83.1 Å². The van der Waals surface area contributed by atoms with Crippen LogP contribution >= 0.6 is 0 Å². The van der Waals surface area contributed by atoms with Crippen LogP contribution in [0, 0.1) is 0 Å². The highest BCUT2D eigenvalue weighted by Gasteiger charge is 2.22. The van der Waals surface area contributed by atoms with Crippen LogP contribution in [0.25, 0.3) is 0 Å². The van der Waals surface area contributed by atoms with Crippen LogP contribution in [-0.2, 0) is 9.47 Å². The zero-order valence-corrected chi connectivity index (χ0v) is 14.4. The minimum absolute atomic E-state index is 0.0784. The highest BCUT2D eigenvalue weighted by Crippen LogP contribution is 2.33. The smallest absolute Gasteiger partial charge is 0.340 e. The van der Waals surface area contributed by atoms with Crippen LogP contribution in [0.1, 0.15) is 20.7 Å². The number of methoxy groups -OCH3 is 4. The highest BCUT2D eigenvalue weighted by molar-refractivity contribution is 6.07. The van der Waals surface area contributed by atoms with E-state index in [1.54, 1.807) is 37.4 Å². The summed E-state index contributed by atoms with van der Waals surface area (Å²) in [5.74, 6) is -0.153. The number of rotatable bonds is 6. The summed E-state index contributed by atoms with van der Waals surface area (Å²) in [4.78, 5) is 24.2. The Bertz CT molecular complexity index is 787. The summed E-state index contributed by atoms with van der Waals surface area (Å²) in [6.45, 7) is 0. The van der Waals surface area contributed by atoms with Gasteiger partial charge in [-0.2, -0.15) is 0 Å². The molecule has 0 unspecified atom stereocenters. The van der Waals surface area contributed by atoms with Gasteiger partial charge in [0.25, 0.3) is 0 Å². The molecule has 132 valence electrons. The minimum atomic E-state index is -0.657. The molecular formula is C18H19NO6. The van der Waals surface area contributed by atoms with E-state index in [0.29, 0.717) is 22.9 Å². The van der Waals surface area contributed by atoms with Crippen molar-refractivity contribution in [3.8, 4) is 11.5 Å². The molecule has 7 nitrogen and oxygen atoms in total. The number of hydrogen-bond acceptors (Lipinski definition) is 7. The molecule has 0 heterocycles. The van der Waals surface area contributed by atoms with Crippen LogP contribution < -0.4 is 14.8 Å². The Morgan fingerprint density at radius 3 is 2.16 bits per heavy atom. The van der Waals surface area contributed by atoms with Gasteiger partial charge in [0, 0.05) is 6.07 Å². The normalized spacial score (nSPS) is 9.92. The standard InChI is InChI=1S/C18H19NO6/c1-22-11-8-9-13(15(10-11)23-2)19-14-7-5-6-12(17(20)24-3)16(14)18(21)25-4/h5-10,19H,1-4H3. The van der Waals surface area contributed by atoms with Gasteiger partial charge >= 0.3 is 11.9 Å². The Kier molecular flexibility index (Phi) is 5.84. The second-order valence-electron chi connectivity index (χ2n) is 4.90. The molecule has 0 saturated carbocycles. The Hall–Kier alpha value is -3.22. The first kappa shape index (κ1) is 18.1. The van der Waals surface area contributed by atoms with Crippen molar-refractivity contribution in [3.05, 3.63) is 47.5 Å². The maximum atomic E-state index is 12.2. The lowest BCUT2D eigenvalue weighted by Crippen LogP contribution is -2.14. The van der Waals surface area contributed by atoms with Crippen LogP contribution in [0.5, 0.6) is 11.5 Å². The summed E-state index contributed by atoms with van der Waals surface area (Å²) < 4.78 is 20.0. The molecule has 0 aliphatic heterocycles. The van der Waals surface area contributed by atoms with Gasteiger partial charge in [-0.05, 0) is 24.3 Å². The molecule has 0 saturated heterocycles. The molecule has 0 fully saturated rings. The van der Waals surface area contributed by atoms with Gasteiger partial charge in [0.05, 0.1) is 50.9 Å². The van der Waals surface area contributed by atoms with Gasteiger partial charge in [0.15, 0.2) is 0 Å². The van der Waals surface area contributed by atoms with Gasteiger partial charge in [0.1, 0.15) is 11.5 Å². The molecule has 25 heavy (non-hydrogen) atoms. The van der Waals surface area contributed by atoms with Crippen molar-refractivity contribution in [2.45, 2.75) is 0 Å². The quantitative estimate of drug-likeness (QED) is 0.806. The number of hydrogen-bond donors (Lipinski definition) is 1. The van der Waals surface area contributed by atoms with Crippen LogP contribution in [-0.4, -0.2) is 40.4 Å². The first-order chi connectivity index (χ1) is 12.0. The van der Waals surface area contributed by atoms with E-state index in [1.807, 2.05) is 0 Å². The lowest BCUT2D eigenvalue weighted by atomic mass is 10.0. The molecule has 7 heteroatoms. The van der Waals surface area contributed by atoms with Gasteiger partial charge in [-0.3, -0.25) is 0 Å². The molecule has 0 radical (unpaired) electrons. The molecule has 2 aromatic rings. The fraction of sp³-hybridized carbons (Fsp3) is 0.222. The molecule has 2 aromatic carbocycles. The summed E-state index contributed by atoms with van der Waals surface area (Å²) in [7, 11) is 5.56. The summed E-state index contributed by atoms with van der Waals surface area (Å²) in [5.41, 5.74) is 1.16. The summed E-state index contributed by atoms with van der Waals surface area (Å²) >= 11 is 0. The minimum Gasteiger partial charge on any atom is -0.497 e. The maximum Gasteiger partial charge on any atom is 0.340 e. The van der Waals surface area contributed by atoms with Gasteiger partial charge in [0.2, 0.25) is 0 Å². The SMILES string of the molecule is COC(=O)c1cccc(Nc2ccc(OC)cc2OC)c1C(=O)OC. The molecule has 0 bridgehead atoms. The predicted octanol–water partition coefficient (Wildman–Crippen LogP) is 3.02. The van der Waals surface area contributed by atoms with Gasteiger partial charge < -0.3 is 24.3 Å². The largest absolute Gasteiger partial charge is 0.497 e. The van der Waals surface area contributed by atoms with Crippen molar-refractivity contribution in [3.63, 3.8) is 0 Å². The van der Waals surface area contributed by atoms with E-state index in [0.717, 1.165) is 0 Å². The third-order valence-corrected chi connectivity index (χ3v) is 3.54. The van der Waals surface area contributed by atoms with E-state index in [4.69, 9.17) is 18.9 Å². The molecule has 2 rings (SSSR count). The number of nitrogens with one attached hydrogen (secondary N) is 1. The summed E-state index contributed by atoms with van der Waals surface area (Å²) in [6, 6.07) is 9.97. The molecule has 1 N–H and O–H groups in total. The van der Waals surface area contributed by atoms with Crippen molar-refractivity contribution in [1.29, 1.82) is 0 Å². The summed E-state index contributed by atoms with van der Waals surface area (Å²) in [5, 5.41) is 3.09. The second-order valence-corrected chi connectivity index (χ2v) is 4.90. The van der Waals surface area contributed by atoms with Crippen LogP contribution in [0.4, 0.5) is 11.4 Å². The molecule has 0 aliphatic carbocycles. The second kappa shape index (κ2) is 8.05. The lowest BCUT2D eigenvalue weighted by Gasteiger charge is -2.16. The molecule has 0 spiro atoms. The Balaban J connectivity index is 2.53. The van der Waals surface area contributed by atoms with Gasteiger partial charge in [-0.15, -0.1) is 0 Å². The third-order valence-electron chi connectivity index (χ3n) is 3.54. The highest BCUT2D eigenvalue weighted by atomic mass is 16.5. The number of carbonyl (C=O) groups excluding carboxylic acids is 2.